The topological polar surface area (TPSA) is 43.4 Å². The van der Waals surface area contributed by atoms with E-state index in [1.54, 1.807) is 0 Å². The molecule has 2 aromatic heterocycles. The molecular weight excluding hydrogens is 848 g/mol. The molecule has 0 spiro atoms. The Balaban J connectivity index is 0.000000796. The maximum atomic E-state index is 15.1. The molecule has 0 unspecified atom stereocenters. The number of hydrogen-bond acceptors (Lipinski definition) is 3. The van der Waals surface area contributed by atoms with Crippen LogP contribution in [-0.2, 0) is 4.57 Å². The number of fused-ring (bicyclic) bond motifs is 7. The summed E-state index contributed by atoms with van der Waals surface area (Å²) in [6.45, 7) is 4.46. The standard InChI is InChI=1S/C58H37O3P.C6H14/c59-62(48-14-6-2-7-15-48,49-16-8-3-9-17-49)50-18-10-13-39(33-50)40-19-20-42-32-43(22-21-41(42)31-40)45-24-28-56-52(35-45)54-37-47(26-30-58(54)61-56)46-25-29-57-53(36-46)51-34-44(23-27-55(51)60-57)38-11-4-1-5-12-38;1-3-5-6-4-2/h1-37H;3-6H2,1-2H3. The first kappa shape index (κ1) is 42.9. The Morgan fingerprint density at radius 1 is 0.309 bits per heavy atom. The molecule has 0 aliphatic rings. The van der Waals surface area contributed by atoms with E-state index in [1.165, 1.54) is 36.8 Å². The molecule has 0 aliphatic carbocycles. The highest BCUT2D eigenvalue weighted by Crippen LogP contribution is 2.44. The molecule has 0 amide bonds. The summed E-state index contributed by atoms with van der Waals surface area (Å²) in [4.78, 5) is 0. The average molecular weight is 899 g/mol. The molecule has 2 heterocycles. The molecule has 0 saturated carbocycles. The van der Waals surface area contributed by atoms with Gasteiger partial charge in [-0.25, -0.2) is 0 Å². The van der Waals surface area contributed by atoms with E-state index in [9.17, 15) is 0 Å². The average Bonchev–Trinajstić information content (AvgIpc) is 3.97. The third-order valence-corrected chi connectivity index (χ3v) is 16.3. The molecule has 0 fully saturated rings. The summed E-state index contributed by atoms with van der Waals surface area (Å²) in [6.07, 6.45) is 5.54. The quantitative estimate of drug-likeness (QED) is 0.101. The molecule has 12 rings (SSSR count). The lowest BCUT2D eigenvalue weighted by molar-refractivity contribution is 0.592. The van der Waals surface area contributed by atoms with Gasteiger partial charge in [0.25, 0.3) is 0 Å². The maximum Gasteiger partial charge on any atom is 0.171 e. The Hall–Kier alpha value is -7.71. The molecule has 0 atom stereocenters. The molecule has 10 aromatic carbocycles. The van der Waals surface area contributed by atoms with E-state index in [0.717, 1.165) is 104 Å². The van der Waals surface area contributed by atoms with Crippen molar-refractivity contribution in [3.8, 4) is 44.5 Å². The van der Waals surface area contributed by atoms with Crippen molar-refractivity contribution in [2.45, 2.75) is 39.5 Å². The summed E-state index contributed by atoms with van der Waals surface area (Å²) in [5, 5.41) is 9.15. The van der Waals surface area contributed by atoms with Gasteiger partial charge in [-0.3, -0.25) is 0 Å². The largest absolute Gasteiger partial charge is 0.456 e. The van der Waals surface area contributed by atoms with Gasteiger partial charge in [-0.05, 0) is 122 Å². The van der Waals surface area contributed by atoms with Crippen molar-refractivity contribution in [2.75, 3.05) is 0 Å². The van der Waals surface area contributed by atoms with Crippen LogP contribution in [0.5, 0.6) is 0 Å². The van der Waals surface area contributed by atoms with Crippen LogP contribution in [0.1, 0.15) is 39.5 Å². The first-order valence-electron chi connectivity index (χ1n) is 23.8. The van der Waals surface area contributed by atoms with Crippen LogP contribution in [0.25, 0.3) is 99.2 Å². The van der Waals surface area contributed by atoms with E-state index in [4.69, 9.17) is 8.83 Å². The number of rotatable bonds is 10. The highest BCUT2D eigenvalue weighted by molar-refractivity contribution is 7.85. The number of hydrogen-bond donors (Lipinski definition) is 0. The van der Waals surface area contributed by atoms with Gasteiger partial charge >= 0.3 is 0 Å². The molecule has 330 valence electrons. The number of benzene rings is 10. The lowest BCUT2D eigenvalue weighted by atomic mass is 9.96. The molecule has 0 aliphatic heterocycles. The Morgan fingerprint density at radius 3 is 1.04 bits per heavy atom. The highest BCUT2D eigenvalue weighted by Gasteiger charge is 2.29. The Morgan fingerprint density at radius 2 is 0.632 bits per heavy atom. The second-order valence-corrected chi connectivity index (χ2v) is 20.5. The highest BCUT2D eigenvalue weighted by atomic mass is 31.2. The number of unbranched alkanes of at least 4 members (excludes halogenated alkanes) is 3. The summed E-state index contributed by atoms with van der Waals surface area (Å²) < 4.78 is 27.8. The zero-order valence-electron chi connectivity index (χ0n) is 38.4. The van der Waals surface area contributed by atoms with Crippen molar-refractivity contribution in [3.63, 3.8) is 0 Å². The first-order valence-corrected chi connectivity index (χ1v) is 25.5. The van der Waals surface area contributed by atoms with E-state index >= 15 is 4.57 Å². The van der Waals surface area contributed by atoms with Gasteiger partial charge in [-0.15, -0.1) is 0 Å². The summed E-state index contributed by atoms with van der Waals surface area (Å²) in [5.74, 6) is 0. The van der Waals surface area contributed by atoms with Crippen molar-refractivity contribution < 1.29 is 13.4 Å². The maximum absolute atomic E-state index is 15.1. The normalized spacial score (nSPS) is 11.7. The fraction of sp³-hybridized carbons (Fsp3) is 0.0938. The van der Waals surface area contributed by atoms with Crippen molar-refractivity contribution in [3.05, 3.63) is 224 Å². The van der Waals surface area contributed by atoms with Crippen LogP contribution in [0.2, 0.25) is 0 Å². The third kappa shape index (κ3) is 8.14. The smallest absolute Gasteiger partial charge is 0.171 e. The van der Waals surface area contributed by atoms with E-state index in [1.807, 2.05) is 78.9 Å². The van der Waals surface area contributed by atoms with E-state index in [-0.39, 0.29) is 0 Å². The van der Waals surface area contributed by atoms with Gasteiger partial charge in [0, 0.05) is 37.5 Å². The molecule has 12 aromatic rings. The summed E-state index contributed by atoms with van der Waals surface area (Å²) >= 11 is 0. The van der Waals surface area contributed by atoms with Crippen LogP contribution in [0.4, 0.5) is 0 Å². The fourth-order valence-corrected chi connectivity index (χ4v) is 12.3. The van der Waals surface area contributed by atoms with Gasteiger partial charge in [0.05, 0.1) is 0 Å². The fourth-order valence-electron chi connectivity index (χ4n) is 9.61. The number of furan rings is 2. The minimum absolute atomic E-state index is 0.822. The summed E-state index contributed by atoms with van der Waals surface area (Å²) in [6, 6.07) is 77.5. The van der Waals surface area contributed by atoms with Crippen LogP contribution >= 0.6 is 7.14 Å². The molecular formula is C64H51O3P. The Kier molecular flexibility index (Phi) is 11.7. The minimum Gasteiger partial charge on any atom is -0.456 e. The zero-order chi connectivity index (χ0) is 46.0. The van der Waals surface area contributed by atoms with Crippen LogP contribution in [0.3, 0.4) is 0 Å². The lowest BCUT2D eigenvalue weighted by Gasteiger charge is -2.20. The van der Waals surface area contributed by atoms with E-state index in [0.29, 0.717) is 0 Å². The predicted octanol–water partition coefficient (Wildman–Crippen LogP) is 17.5. The zero-order valence-corrected chi connectivity index (χ0v) is 39.3. The van der Waals surface area contributed by atoms with Crippen molar-refractivity contribution in [1.82, 2.24) is 0 Å². The molecule has 0 N–H and O–H groups in total. The predicted molar refractivity (Wildman–Crippen MR) is 289 cm³/mol. The second kappa shape index (κ2) is 18.5. The SMILES string of the molecule is CCCCCC.O=P(c1ccccc1)(c1ccccc1)c1cccc(-c2ccc3cc(-c4ccc5oc6ccc(-c7ccc8oc9ccc(-c%10ccccc%10)cc9c8c7)cc6c5c4)ccc3c2)c1. The van der Waals surface area contributed by atoms with Crippen molar-refractivity contribution in [2.24, 2.45) is 0 Å². The van der Waals surface area contributed by atoms with E-state index < -0.39 is 7.14 Å². The summed E-state index contributed by atoms with van der Waals surface area (Å²) in [5.41, 5.74) is 12.5. The van der Waals surface area contributed by atoms with Gasteiger partial charge < -0.3 is 13.4 Å². The Bertz CT molecular complexity index is 3740. The summed E-state index contributed by atoms with van der Waals surface area (Å²) in [7, 11) is -3.10. The monoisotopic (exact) mass is 898 g/mol. The van der Waals surface area contributed by atoms with Gasteiger partial charge in [0.15, 0.2) is 7.14 Å². The Labute approximate surface area is 397 Å². The van der Waals surface area contributed by atoms with E-state index in [2.05, 4.69) is 159 Å². The van der Waals surface area contributed by atoms with Gasteiger partial charge in [0.1, 0.15) is 22.3 Å². The molecule has 3 nitrogen and oxygen atoms in total. The molecule has 4 heteroatoms. The van der Waals surface area contributed by atoms with Gasteiger partial charge in [-0.2, -0.15) is 0 Å². The van der Waals surface area contributed by atoms with Crippen molar-refractivity contribution in [1.29, 1.82) is 0 Å². The van der Waals surface area contributed by atoms with Gasteiger partial charge in [-0.1, -0.05) is 197 Å². The minimum atomic E-state index is -3.10. The van der Waals surface area contributed by atoms with Crippen LogP contribution in [0, 0.1) is 0 Å². The molecule has 0 radical (unpaired) electrons. The second-order valence-electron chi connectivity index (χ2n) is 17.7. The van der Waals surface area contributed by atoms with Crippen molar-refractivity contribution >= 4 is 77.7 Å². The van der Waals surface area contributed by atoms with Crippen LogP contribution in [0.15, 0.2) is 233 Å². The molecule has 0 saturated heterocycles. The third-order valence-electron chi connectivity index (χ3n) is 13.3. The van der Waals surface area contributed by atoms with Gasteiger partial charge in [0.2, 0.25) is 0 Å². The molecule has 0 bridgehead atoms. The van der Waals surface area contributed by atoms with Crippen LogP contribution in [-0.4, -0.2) is 0 Å². The van der Waals surface area contributed by atoms with Crippen LogP contribution < -0.4 is 15.9 Å². The lowest BCUT2D eigenvalue weighted by Crippen LogP contribution is -2.25. The first-order chi connectivity index (χ1) is 33.5. The molecule has 68 heavy (non-hydrogen) atoms.